The van der Waals surface area contributed by atoms with Crippen LogP contribution in [0.3, 0.4) is 0 Å². The Morgan fingerprint density at radius 3 is 2.10 bits per heavy atom. The van der Waals surface area contributed by atoms with E-state index in [2.05, 4.69) is 204 Å². The molecule has 0 radical (unpaired) electrons. The summed E-state index contributed by atoms with van der Waals surface area (Å²) in [5.74, 6) is 2.41. The van der Waals surface area contributed by atoms with E-state index in [0.717, 1.165) is 51.8 Å². The van der Waals surface area contributed by atoms with Gasteiger partial charge in [0.2, 0.25) is 0 Å². The molecule has 6 heteroatoms. The first-order chi connectivity index (χ1) is 29.4. The molecule has 0 N–H and O–H groups in total. The number of fused-ring (bicyclic) bond motifs is 12. The number of nitrogens with zero attached hydrogens (tertiary/aromatic N) is 5. The maximum Gasteiger partial charge on any atom is 0.137 e. The van der Waals surface area contributed by atoms with Gasteiger partial charge in [0, 0.05) is 74.8 Å². The van der Waals surface area contributed by atoms with Gasteiger partial charge in [0.25, 0.3) is 0 Å². The van der Waals surface area contributed by atoms with Crippen molar-refractivity contribution in [2.45, 2.75) is 26.2 Å². The Morgan fingerprint density at radius 2 is 1.23 bits per heavy atom. The van der Waals surface area contributed by atoms with Crippen LogP contribution in [0.4, 0.5) is 11.4 Å². The number of aromatic nitrogens is 3. The van der Waals surface area contributed by atoms with Crippen LogP contribution >= 0.6 is 0 Å². The Kier molecular flexibility index (Phi) is 7.45. The van der Waals surface area contributed by atoms with E-state index in [1.165, 1.54) is 60.7 Å². The lowest BCUT2D eigenvalue weighted by Crippen LogP contribution is -2.24. The minimum absolute atomic E-state index is 0.0545. The molecule has 60 heavy (non-hydrogen) atoms. The third-order valence-corrected chi connectivity index (χ3v) is 12.3. The van der Waals surface area contributed by atoms with E-state index in [0.29, 0.717) is 0 Å². The summed E-state index contributed by atoms with van der Waals surface area (Å²) >= 11 is 0. The third kappa shape index (κ3) is 5.23. The van der Waals surface area contributed by atoms with Crippen LogP contribution in [0.2, 0.25) is 0 Å². The molecule has 0 fully saturated rings. The van der Waals surface area contributed by atoms with Gasteiger partial charge in [-0.2, -0.15) is 0 Å². The zero-order valence-electron chi connectivity index (χ0n) is 33.7. The molecule has 0 saturated carbocycles. The Bertz CT molecular complexity index is 3390. The van der Waals surface area contributed by atoms with Gasteiger partial charge in [0.1, 0.15) is 17.3 Å². The monoisotopic (exact) mass is 775 g/mol. The Balaban J connectivity index is 1.06. The van der Waals surface area contributed by atoms with Gasteiger partial charge >= 0.3 is 0 Å². The second kappa shape index (κ2) is 13.0. The number of hydrogen-bond donors (Lipinski definition) is 0. The summed E-state index contributed by atoms with van der Waals surface area (Å²) in [6.07, 6.45) is 6.19. The summed E-state index contributed by atoms with van der Waals surface area (Å²) in [6.45, 7) is 7.49. The van der Waals surface area contributed by atoms with Crippen molar-refractivity contribution in [2.75, 3.05) is 16.5 Å². The fraction of sp³-hybridized carbons (Fsp3) is 0.0926. The lowest BCUT2D eigenvalue weighted by molar-refractivity contribution is 0.483. The molecule has 5 heterocycles. The normalized spacial score (nSPS) is 13.4. The van der Waals surface area contributed by atoms with E-state index < -0.39 is 0 Å². The molecule has 2 aliphatic heterocycles. The van der Waals surface area contributed by atoms with Crippen LogP contribution in [0, 0.1) is 0 Å². The van der Waals surface area contributed by atoms with E-state index in [1.54, 1.807) is 0 Å². The van der Waals surface area contributed by atoms with Gasteiger partial charge in [-0.1, -0.05) is 106 Å². The van der Waals surface area contributed by atoms with Gasteiger partial charge in [-0.25, -0.2) is 4.98 Å². The molecule has 0 unspecified atom stereocenters. The quantitative estimate of drug-likeness (QED) is 0.175. The van der Waals surface area contributed by atoms with Gasteiger partial charge in [-0.15, -0.1) is 0 Å². The third-order valence-electron chi connectivity index (χ3n) is 12.3. The molecule has 0 atom stereocenters. The van der Waals surface area contributed by atoms with Crippen LogP contribution < -0.4 is 14.5 Å². The smallest absolute Gasteiger partial charge is 0.137 e. The molecular formula is C54H41N5O. The predicted octanol–water partition coefficient (Wildman–Crippen LogP) is 13.8. The number of hydrogen-bond acceptors (Lipinski definition) is 4. The van der Waals surface area contributed by atoms with Gasteiger partial charge in [-0.3, -0.25) is 4.57 Å². The van der Waals surface area contributed by atoms with Crippen molar-refractivity contribution < 1.29 is 4.74 Å². The van der Waals surface area contributed by atoms with Gasteiger partial charge in [0.05, 0.1) is 34.4 Å². The Morgan fingerprint density at radius 1 is 0.517 bits per heavy atom. The molecular weight excluding hydrogens is 735 g/mol. The largest absolute Gasteiger partial charge is 0.457 e. The highest BCUT2D eigenvalue weighted by Crippen LogP contribution is 2.51. The molecule has 2 aliphatic rings. The minimum atomic E-state index is -0.0545. The van der Waals surface area contributed by atoms with Crippen LogP contribution in [0.25, 0.3) is 77.4 Å². The lowest BCUT2D eigenvalue weighted by Gasteiger charge is -2.22. The highest BCUT2D eigenvalue weighted by atomic mass is 16.5. The average Bonchev–Trinajstić information content (AvgIpc) is 3.97. The first-order valence-corrected chi connectivity index (χ1v) is 20.6. The summed E-state index contributed by atoms with van der Waals surface area (Å²) in [6, 6.07) is 58.8. The summed E-state index contributed by atoms with van der Waals surface area (Å²) in [5.41, 5.74) is 14.0. The topological polar surface area (TPSA) is 38.5 Å². The van der Waals surface area contributed by atoms with Crippen LogP contribution in [0.5, 0.6) is 11.5 Å². The number of pyridine rings is 1. The molecule has 0 saturated heterocycles. The molecule has 0 amide bonds. The molecule has 0 bridgehead atoms. The molecule has 0 aliphatic carbocycles. The number of ether oxygens (including phenoxy) is 1. The van der Waals surface area contributed by atoms with Crippen LogP contribution in [-0.2, 0) is 5.41 Å². The molecule has 288 valence electrons. The number of para-hydroxylation sites is 3. The Labute approximate surface area is 348 Å². The second-order valence-electron chi connectivity index (χ2n) is 16.9. The van der Waals surface area contributed by atoms with Gasteiger partial charge in [-0.05, 0) is 88.8 Å². The van der Waals surface area contributed by atoms with Gasteiger partial charge in [0.15, 0.2) is 0 Å². The van der Waals surface area contributed by atoms with Crippen molar-refractivity contribution in [1.82, 2.24) is 14.1 Å². The van der Waals surface area contributed by atoms with E-state index in [9.17, 15) is 0 Å². The maximum atomic E-state index is 6.77. The fourth-order valence-electron chi connectivity index (χ4n) is 9.51. The van der Waals surface area contributed by atoms with E-state index >= 15 is 0 Å². The Hall–Kier alpha value is -7.57. The number of benzene rings is 7. The van der Waals surface area contributed by atoms with Crippen molar-refractivity contribution in [3.8, 4) is 45.3 Å². The predicted molar refractivity (Wildman–Crippen MR) is 248 cm³/mol. The molecule has 6 nitrogen and oxygen atoms in total. The van der Waals surface area contributed by atoms with Crippen molar-refractivity contribution >= 4 is 55.0 Å². The van der Waals surface area contributed by atoms with Crippen molar-refractivity contribution in [2.24, 2.45) is 0 Å². The van der Waals surface area contributed by atoms with Gasteiger partial charge < -0.3 is 19.1 Å². The standard InChI is InChI=1S/C54H41N5O/c1-54(2,3)35-27-28-55-50(31-35)58-47-25-26-48-51(42-19-8-7-17-40(42)43-20-12-21-44-41-18-9-10-22-46(41)59(48)53(43)44)52(47)45-24-23-39(33-49(45)58)60-38-16-11-15-37(32-38)57-30-29-56(34-57)36-13-5-4-6-14-36/h4-33H,34H2,1-3H3. The average molecular weight is 776 g/mol. The first kappa shape index (κ1) is 34.5. The highest BCUT2D eigenvalue weighted by molar-refractivity contribution is 6.22. The lowest BCUT2D eigenvalue weighted by atomic mass is 9.88. The summed E-state index contributed by atoms with van der Waals surface area (Å²) in [5, 5.41) is 4.85. The number of anilines is 2. The van der Waals surface area contributed by atoms with Crippen molar-refractivity contribution in [3.63, 3.8) is 0 Å². The van der Waals surface area contributed by atoms with Crippen LogP contribution in [0.15, 0.2) is 182 Å². The highest BCUT2D eigenvalue weighted by Gasteiger charge is 2.29. The van der Waals surface area contributed by atoms with Crippen molar-refractivity contribution in [3.05, 3.63) is 188 Å². The number of rotatable bonds is 5. The maximum absolute atomic E-state index is 6.77. The van der Waals surface area contributed by atoms with Crippen LogP contribution in [0.1, 0.15) is 26.3 Å². The molecule has 10 aromatic rings. The zero-order valence-corrected chi connectivity index (χ0v) is 33.7. The zero-order chi connectivity index (χ0) is 40.1. The van der Waals surface area contributed by atoms with Crippen LogP contribution in [-0.4, -0.2) is 20.8 Å². The van der Waals surface area contributed by atoms with E-state index in [4.69, 9.17) is 9.72 Å². The fourth-order valence-corrected chi connectivity index (χ4v) is 9.51. The van der Waals surface area contributed by atoms with E-state index in [-0.39, 0.29) is 5.41 Å². The summed E-state index contributed by atoms with van der Waals surface area (Å²) in [7, 11) is 0. The van der Waals surface area contributed by atoms with E-state index in [1.807, 2.05) is 18.3 Å². The minimum Gasteiger partial charge on any atom is -0.457 e. The molecule has 3 aromatic heterocycles. The van der Waals surface area contributed by atoms with Crippen molar-refractivity contribution in [1.29, 1.82) is 0 Å². The molecule has 12 rings (SSSR count). The molecule has 7 aromatic carbocycles. The first-order valence-electron chi connectivity index (χ1n) is 20.6. The second-order valence-corrected chi connectivity index (χ2v) is 16.9. The SMILES string of the molecule is CC(C)(C)c1ccnc(-n2c3cc(Oc4cccc(N5C=CN(c6ccccc6)C5)c4)ccc3c3c4c(ccc32)-n2c3ccccc3c3cccc(c32)-c2ccccc2-4)c1. The summed E-state index contributed by atoms with van der Waals surface area (Å²) < 4.78 is 11.6. The summed E-state index contributed by atoms with van der Waals surface area (Å²) in [4.78, 5) is 9.54. The molecule has 0 spiro atoms.